The Morgan fingerprint density at radius 1 is 1.19 bits per heavy atom. The van der Waals surface area contributed by atoms with Crippen molar-refractivity contribution in [2.24, 2.45) is 0 Å². The summed E-state index contributed by atoms with van der Waals surface area (Å²) in [5.41, 5.74) is 4.59. The average Bonchev–Trinajstić information content (AvgIpc) is 3.18. The number of H-pyrrole nitrogens is 1. The summed E-state index contributed by atoms with van der Waals surface area (Å²) in [5, 5.41) is 5.03. The van der Waals surface area contributed by atoms with Crippen molar-refractivity contribution < 1.29 is 4.79 Å². The second-order valence-electron chi connectivity index (χ2n) is 7.58. The minimum atomic E-state index is -0.120. The molecule has 0 spiro atoms. The van der Waals surface area contributed by atoms with Crippen LogP contribution in [-0.2, 0) is 19.4 Å². The molecule has 156 valence electrons. The van der Waals surface area contributed by atoms with E-state index in [1.54, 1.807) is 33.8 Å². The molecule has 0 unspecified atom stereocenters. The Morgan fingerprint density at radius 3 is 2.77 bits per heavy atom. The summed E-state index contributed by atoms with van der Waals surface area (Å²) >= 11 is 9.52. The van der Waals surface area contributed by atoms with Crippen molar-refractivity contribution in [3.05, 3.63) is 103 Å². The Kier molecular flexibility index (Phi) is 5.16. The predicted octanol–water partition coefficient (Wildman–Crippen LogP) is 4.23. The minimum absolute atomic E-state index is 0.115. The Hall–Kier alpha value is -2.90. The van der Waals surface area contributed by atoms with Gasteiger partial charge in [0.25, 0.3) is 11.5 Å². The van der Waals surface area contributed by atoms with Crippen molar-refractivity contribution in [1.82, 2.24) is 19.5 Å². The highest BCUT2D eigenvalue weighted by Gasteiger charge is 2.27. The zero-order chi connectivity index (χ0) is 21.5. The van der Waals surface area contributed by atoms with Gasteiger partial charge in [-0.15, -0.1) is 0 Å². The number of aromatic nitrogens is 3. The number of aromatic amines is 1. The van der Waals surface area contributed by atoms with Crippen molar-refractivity contribution in [3.8, 4) is 0 Å². The molecule has 1 aliphatic heterocycles. The Morgan fingerprint density at radius 2 is 2.00 bits per heavy atom. The Bertz CT molecular complexity index is 1360. The second kappa shape index (κ2) is 7.98. The van der Waals surface area contributed by atoms with Crippen LogP contribution in [0.1, 0.15) is 32.7 Å². The molecule has 1 N–H and O–H groups in total. The molecule has 0 fully saturated rings. The highest BCUT2D eigenvalue weighted by Crippen LogP contribution is 2.26. The quantitative estimate of drug-likeness (QED) is 0.461. The van der Waals surface area contributed by atoms with E-state index in [0.717, 1.165) is 21.3 Å². The number of benzene rings is 2. The van der Waals surface area contributed by atoms with Crippen molar-refractivity contribution in [3.63, 3.8) is 0 Å². The third-order valence-corrected chi connectivity index (χ3v) is 6.85. The van der Waals surface area contributed by atoms with E-state index in [0.29, 0.717) is 47.7 Å². The maximum absolute atomic E-state index is 13.1. The lowest BCUT2D eigenvalue weighted by Crippen LogP contribution is -2.39. The summed E-state index contributed by atoms with van der Waals surface area (Å²) in [4.78, 5) is 30.6. The third kappa shape index (κ3) is 3.68. The van der Waals surface area contributed by atoms with Crippen LogP contribution in [0.2, 0.25) is 5.02 Å². The third-order valence-electron chi connectivity index (χ3n) is 5.62. The summed E-state index contributed by atoms with van der Waals surface area (Å²) < 4.78 is 2.51. The molecule has 2 aromatic heterocycles. The highest BCUT2D eigenvalue weighted by atomic mass is 79.9. The number of amides is 1. The number of nitrogens with one attached hydrogen (secondary N) is 1. The highest BCUT2D eigenvalue weighted by molar-refractivity contribution is 9.10. The van der Waals surface area contributed by atoms with Gasteiger partial charge >= 0.3 is 0 Å². The molecule has 2 aromatic carbocycles. The van der Waals surface area contributed by atoms with E-state index in [9.17, 15) is 9.59 Å². The van der Waals surface area contributed by atoms with Gasteiger partial charge < -0.3 is 9.88 Å². The van der Waals surface area contributed by atoms with Gasteiger partial charge in [-0.05, 0) is 46.1 Å². The van der Waals surface area contributed by atoms with E-state index in [1.807, 2.05) is 30.3 Å². The zero-order valence-electron chi connectivity index (χ0n) is 16.4. The lowest BCUT2D eigenvalue weighted by atomic mass is 10.0. The fraction of sp³-hybridized carbons (Fsp3) is 0.174. The van der Waals surface area contributed by atoms with Crippen LogP contribution in [0.5, 0.6) is 0 Å². The summed E-state index contributed by atoms with van der Waals surface area (Å²) in [6, 6.07) is 15.2. The van der Waals surface area contributed by atoms with Gasteiger partial charge in [0.2, 0.25) is 0 Å². The molecule has 5 rings (SSSR count). The van der Waals surface area contributed by atoms with Crippen LogP contribution in [0.25, 0.3) is 5.65 Å². The minimum Gasteiger partial charge on any atom is -0.332 e. The van der Waals surface area contributed by atoms with Crippen LogP contribution in [0.3, 0.4) is 0 Å². The van der Waals surface area contributed by atoms with Crippen molar-refractivity contribution in [2.75, 3.05) is 6.54 Å². The van der Waals surface area contributed by atoms with Crippen LogP contribution in [0.4, 0.5) is 0 Å². The first-order valence-electron chi connectivity index (χ1n) is 9.90. The van der Waals surface area contributed by atoms with Crippen molar-refractivity contribution in [2.45, 2.75) is 19.4 Å². The molecule has 0 atom stereocenters. The number of carbonyl (C=O) groups excluding carboxylic acids is 1. The van der Waals surface area contributed by atoms with Gasteiger partial charge in [0.05, 0.1) is 23.5 Å². The number of rotatable bonds is 3. The normalized spacial score (nSPS) is 13.4. The molecule has 8 heteroatoms. The first-order chi connectivity index (χ1) is 15.0. The first-order valence-corrected chi connectivity index (χ1v) is 11.1. The van der Waals surface area contributed by atoms with Gasteiger partial charge in [0.15, 0.2) is 0 Å². The monoisotopic (exact) mass is 496 g/mol. The average molecular weight is 498 g/mol. The van der Waals surface area contributed by atoms with E-state index in [2.05, 4.69) is 26.0 Å². The molecular formula is C23H18BrClN4O2. The summed E-state index contributed by atoms with van der Waals surface area (Å²) in [5.74, 6) is -0.120. The fourth-order valence-corrected chi connectivity index (χ4v) is 4.45. The molecule has 0 radical (unpaired) electrons. The summed E-state index contributed by atoms with van der Waals surface area (Å²) in [6.45, 7) is 0.779. The fourth-order valence-electron chi connectivity index (χ4n) is 4.02. The molecule has 0 aliphatic carbocycles. The van der Waals surface area contributed by atoms with Gasteiger partial charge in [0, 0.05) is 34.1 Å². The first kappa shape index (κ1) is 20.0. The van der Waals surface area contributed by atoms with E-state index in [4.69, 9.17) is 11.6 Å². The lowest BCUT2D eigenvalue weighted by molar-refractivity contribution is 0.0730. The molecule has 0 bridgehead atoms. The van der Waals surface area contributed by atoms with Crippen molar-refractivity contribution in [1.29, 1.82) is 0 Å². The van der Waals surface area contributed by atoms with Crippen LogP contribution < -0.4 is 5.56 Å². The number of nitrogens with zero attached hydrogens (tertiary/aromatic N) is 3. The Labute approximate surface area is 191 Å². The van der Waals surface area contributed by atoms with Crippen LogP contribution in [-0.4, -0.2) is 31.9 Å². The summed E-state index contributed by atoms with van der Waals surface area (Å²) in [6.07, 6.45) is 2.93. The molecule has 0 saturated carbocycles. The maximum Gasteiger partial charge on any atom is 0.254 e. The smallest absolute Gasteiger partial charge is 0.254 e. The van der Waals surface area contributed by atoms with Crippen molar-refractivity contribution >= 4 is 39.1 Å². The number of hydrogen-bond acceptors (Lipinski definition) is 3. The SMILES string of the molecule is O=C(c1ccc(Br)c(Cl)c1)N1CCc2c(n3ncc(Cc4ccccc4)c3[nH]c2=O)C1. The molecule has 3 heterocycles. The molecule has 31 heavy (non-hydrogen) atoms. The van der Waals surface area contributed by atoms with Gasteiger partial charge in [-0.3, -0.25) is 9.59 Å². The maximum atomic E-state index is 13.1. The number of fused-ring (bicyclic) bond motifs is 3. The zero-order valence-corrected chi connectivity index (χ0v) is 18.8. The van der Waals surface area contributed by atoms with Crippen LogP contribution in [0, 0.1) is 0 Å². The van der Waals surface area contributed by atoms with Gasteiger partial charge in [-0.2, -0.15) is 5.10 Å². The summed E-state index contributed by atoms with van der Waals surface area (Å²) in [7, 11) is 0. The molecule has 1 amide bonds. The largest absolute Gasteiger partial charge is 0.332 e. The topological polar surface area (TPSA) is 70.5 Å². The predicted molar refractivity (Wildman–Crippen MR) is 123 cm³/mol. The standard InChI is InChI=1S/C23H18BrClN4O2/c24-18-7-6-15(11-19(18)25)23(31)28-9-8-17-20(13-28)29-21(27-22(17)30)16(12-26-29)10-14-4-2-1-3-5-14/h1-7,11-12H,8-10,13H2,(H,27,30). The van der Waals surface area contributed by atoms with E-state index in [1.165, 1.54) is 0 Å². The number of carbonyl (C=O) groups is 1. The molecule has 1 aliphatic rings. The molecule has 6 nitrogen and oxygen atoms in total. The number of hydrogen-bond donors (Lipinski definition) is 1. The van der Waals surface area contributed by atoms with E-state index >= 15 is 0 Å². The van der Waals surface area contributed by atoms with Gasteiger partial charge in [0.1, 0.15) is 5.65 Å². The second-order valence-corrected chi connectivity index (χ2v) is 8.84. The number of halogens is 2. The molecule has 0 saturated heterocycles. The van der Waals surface area contributed by atoms with E-state index in [-0.39, 0.29) is 11.5 Å². The molecule has 4 aromatic rings. The van der Waals surface area contributed by atoms with Gasteiger partial charge in [-0.1, -0.05) is 41.9 Å². The lowest BCUT2D eigenvalue weighted by Gasteiger charge is -2.28. The van der Waals surface area contributed by atoms with Crippen LogP contribution >= 0.6 is 27.5 Å². The van der Waals surface area contributed by atoms with Gasteiger partial charge in [-0.25, -0.2) is 4.52 Å². The molecular weight excluding hydrogens is 480 g/mol. The Balaban J connectivity index is 1.50. The van der Waals surface area contributed by atoms with E-state index < -0.39 is 0 Å². The van der Waals surface area contributed by atoms with Crippen LogP contribution in [0.15, 0.2) is 64.0 Å².